The van der Waals surface area contributed by atoms with Crippen LogP contribution in [-0.4, -0.2) is 53.5 Å². The van der Waals surface area contributed by atoms with Crippen LogP contribution in [0.5, 0.6) is 5.75 Å². The topological polar surface area (TPSA) is 62.7 Å². The third-order valence-electron chi connectivity index (χ3n) is 6.36. The maximum absolute atomic E-state index is 12.0. The van der Waals surface area contributed by atoms with Gasteiger partial charge in [-0.15, -0.1) is 23.1 Å². The molecule has 1 aromatic carbocycles. The minimum absolute atomic E-state index is 0.247. The van der Waals surface area contributed by atoms with E-state index in [9.17, 15) is 9.90 Å². The zero-order chi connectivity index (χ0) is 22.3. The summed E-state index contributed by atoms with van der Waals surface area (Å²) in [5, 5.41) is 13.1. The fourth-order valence-electron chi connectivity index (χ4n) is 4.60. The SMILES string of the molecule is COc1ccc2nccc(CCCC3CCN(CCSc4cccs4)CC3C(=O)O)c2c1. The van der Waals surface area contributed by atoms with Crippen LogP contribution >= 0.6 is 23.1 Å². The number of carbonyl (C=O) groups is 1. The number of hydrogen-bond acceptors (Lipinski definition) is 6. The fourth-order valence-corrected chi connectivity index (χ4v) is 6.46. The average molecular weight is 471 g/mol. The largest absolute Gasteiger partial charge is 0.497 e. The highest BCUT2D eigenvalue weighted by Gasteiger charge is 2.33. The lowest BCUT2D eigenvalue weighted by Gasteiger charge is -2.36. The second-order valence-electron chi connectivity index (χ2n) is 8.32. The first-order valence-electron chi connectivity index (χ1n) is 11.2. The molecule has 2 unspecified atom stereocenters. The van der Waals surface area contributed by atoms with Crippen LogP contribution in [0.3, 0.4) is 0 Å². The number of methoxy groups -OCH3 is 1. The van der Waals surface area contributed by atoms with Crippen molar-refractivity contribution in [2.24, 2.45) is 11.8 Å². The second kappa shape index (κ2) is 11.2. The van der Waals surface area contributed by atoms with Gasteiger partial charge in [-0.2, -0.15) is 0 Å². The van der Waals surface area contributed by atoms with Gasteiger partial charge in [0, 0.05) is 30.4 Å². The molecular formula is C25H30N2O3S2. The number of piperidine rings is 1. The molecule has 1 N–H and O–H groups in total. The van der Waals surface area contributed by atoms with Crippen molar-refractivity contribution in [1.29, 1.82) is 0 Å². The van der Waals surface area contributed by atoms with Crippen LogP contribution in [0.1, 0.15) is 24.8 Å². The molecule has 1 fully saturated rings. The van der Waals surface area contributed by atoms with E-state index in [1.54, 1.807) is 18.4 Å². The van der Waals surface area contributed by atoms with E-state index >= 15 is 0 Å². The number of thiophene rings is 1. The Bertz CT molecular complexity index is 1030. The third-order valence-corrected chi connectivity index (χ3v) is 8.48. The highest BCUT2D eigenvalue weighted by atomic mass is 32.2. The van der Waals surface area contributed by atoms with Gasteiger partial charge in [0.2, 0.25) is 0 Å². The van der Waals surface area contributed by atoms with Crippen LogP contribution in [0, 0.1) is 11.8 Å². The highest BCUT2D eigenvalue weighted by molar-refractivity contribution is 8.01. The summed E-state index contributed by atoms with van der Waals surface area (Å²) in [6.45, 7) is 2.61. The summed E-state index contributed by atoms with van der Waals surface area (Å²) >= 11 is 3.63. The quantitative estimate of drug-likeness (QED) is 0.398. The van der Waals surface area contributed by atoms with Crippen molar-refractivity contribution >= 4 is 40.0 Å². The zero-order valence-electron chi connectivity index (χ0n) is 18.4. The van der Waals surface area contributed by atoms with E-state index in [-0.39, 0.29) is 11.8 Å². The number of hydrogen-bond donors (Lipinski definition) is 1. The molecule has 0 amide bonds. The lowest BCUT2D eigenvalue weighted by atomic mass is 9.81. The summed E-state index contributed by atoms with van der Waals surface area (Å²) < 4.78 is 6.71. The number of benzene rings is 1. The molecule has 0 saturated carbocycles. The van der Waals surface area contributed by atoms with Crippen LogP contribution in [0.15, 0.2) is 52.2 Å². The summed E-state index contributed by atoms with van der Waals surface area (Å²) in [7, 11) is 1.68. The van der Waals surface area contributed by atoms with Crippen molar-refractivity contribution in [3.63, 3.8) is 0 Å². The number of likely N-dealkylation sites (tertiary alicyclic amines) is 1. The van der Waals surface area contributed by atoms with Crippen molar-refractivity contribution < 1.29 is 14.6 Å². The number of aliphatic carboxylic acids is 1. The van der Waals surface area contributed by atoms with Crippen molar-refractivity contribution in [2.75, 3.05) is 32.5 Å². The summed E-state index contributed by atoms with van der Waals surface area (Å²) in [4.78, 5) is 18.8. The highest BCUT2D eigenvalue weighted by Crippen LogP contribution is 2.31. The fraction of sp³-hybridized carbons (Fsp3) is 0.440. The van der Waals surface area contributed by atoms with E-state index in [1.165, 1.54) is 9.77 Å². The summed E-state index contributed by atoms with van der Waals surface area (Å²) in [5.41, 5.74) is 2.23. The van der Waals surface area contributed by atoms with Gasteiger partial charge in [-0.05, 0) is 79.4 Å². The monoisotopic (exact) mass is 470 g/mol. The Morgan fingerprint density at radius 2 is 2.25 bits per heavy atom. The average Bonchev–Trinajstić information content (AvgIpc) is 3.33. The molecule has 170 valence electrons. The van der Waals surface area contributed by atoms with E-state index in [2.05, 4.69) is 33.5 Å². The molecule has 0 bridgehead atoms. The van der Waals surface area contributed by atoms with Gasteiger partial charge in [-0.1, -0.05) is 6.07 Å². The van der Waals surface area contributed by atoms with Gasteiger partial charge in [-0.25, -0.2) is 0 Å². The van der Waals surface area contributed by atoms with E-state index in [0.717, 1.165) is 61.2 Å². The standard InChI is InChI=1S/C25H30N2O3S2/c1-30-20-7-8-23-21(16-20)18(9-11-26-23)4-2-5-19-10-12-27(17-22(19)25(28)29)13-15-32-24-6-3-14-31-24/h3,6-9,11,14,16,19,22H,2,4-5,10,12-13,15,17H2,1H3,(H,28,29). The smallest absolute Gasteiger partial charge is 0.308 e. The number of aromatic nitrogens is 1. The van der Waals surface area contributed by atoms with Gasteiger partial charge in [0.15, 0.2) is 0 Å². The molecule has 5 nitrogen and oxygen atoms in total. The molecule has 0 aliphatic carbocycles. The van der Waals surface area contributed by atoms with Crippen molar-refractivity contribution in [2.45, 2.75) is 29.9 Å². The number of nitrogens with zero attached hydrogens (tertiary/aromatic N) is 2. The van der Waals surface area contributed by atoms with Crippen LogP contribution in [-0.2, 0) is 11.2 Å². The second-order valence-corrected chi connectivity index (χ2v) is 10.7. The Balaban J connectivity index is 1.30. The third kappa shape index (κ3) is 5.82. The molecule has 0 radical (unpaired) electrons. The molecule has 3 heterocycles. The maximum atomic E-state index is 12.0. The molecule has 4 rings (SSSR count). The molecule has 3 aromatic rings. The first kappa shape index (κ1) is 23.1. The van der Waals surface area contributed by atoms with E-state index in [0.29, 0.717) is 6.54 Å². The van der Waals surface area contributed by atoms with Crippen LogP contribution in [0.4, 0.5) is 0 Å². The van der Waals surface area contributed by atoms with Crippen molar-refractivity contribution in [3.05, 3.63) is 53.5 Å². The molecule has 7 heteroatoms. The van der Waals surface area contributed by atoms with Gasteiger partial charge in [0.05, 0.1) is 22.8 Å². The zero-order valence-corrected chi connectivity index (χ0v) is 20.0. The van der Waals surface area contributed by atoms with Gasteiger partial charge >= 0.3 is 5.97 Å². The first-order valence-corrected chi connectivity index (χ1v) is 13.0. The Labute approximate surface area is 197 Å². The number of aryl methyl sites for hydroxylation is 1. The lowest BCUT2D eigenvalue weighted by Crippen LogP contribution is -2.44. The molecule has 32 heavy (non-hydrogen) atoms. The Morgan fingerprint density at radius 1 is 1.34 bits per heavy atom. The number of ether oxygens (including phenoxy) is 1. The van der Waals surface area contributed by atoms with E-state index in [4.69, 9.17) is 4.74 Å². The Kier molecular flexibility index (Phi) is 8.05. The molecule has 2 atom stereocenters. The molecule has 1 aliphatic heterocycles. The summed E-state index contributed by atoms with van der Waals surface area (Å²) in [6, 6.07) is 12.3. The number of pyridine rings is 1. The van der Waals surface area contributed by atoms with Crippen molar-refractivity contribution in [3.8, 4) is 5.75 Å². The van der Waals surface area contributed by atoms with Gasteiger partial charge in [0.1, 0.15) is 5.75 Å². The first-order chi connectivity index (χ1) is 15.6. The molecular weight excluding hydrogens is 440 g/mol. The normalized spacial score (nSPS) is 19.3. The molecule has 1 saturated heterocycles. The van der Waals surface area contributed by atoms with Gasteiger partial charge in [-0.3, -0.25) is 9.78 Å². The van der Waals surface area contributed by atoms with Crippen molar-refractivity contribution in [1.82, 2.24) is 9.88 Å². The number of thioether (sulfide) groups is 1. The lowest BCUT2D eigenvalue weighted by molar-refractivity contribution is -0.146. The minimum atomic E-state index is -0.648. The van der Waals surface area contributed by atoms with Crippen LogP contribution < -0.4 is 4.74 Å². The summed E-state index contributed by atoms with van der Waals surface area (Å²) in [5.74, 6) is 1.17. The molecule has 2 aromatic heterocycles. The number of carboxylic acids is 1. The Morgan fingerprint density at radius 3 is 3.03 bits per heavy atom. The maximum Gasteiger partial charge on any atom is 0.308 e. The van der Waals surface area contributed by atoms with E-state index in [1.807, 2.05) is 36.2 Å². The predicted molar refractivity (Wildman–Crippen MR) is 132 cm³/mol. The van der Waals surface area contributed by atoms with Gasteiger partial charge in [0.25, 0.3) is 0 Å². The van der Waals surface area contributed by atoms with Crippen LogP contribution in [0.2, 0.25) is 0 Å². The van der Waals surface area contributed by atoms with E-state index < -0.39 is 5.97 Å². The van der Waals surface area contributed by atoms with Gasteiger partial charge < -0.3 is 14.7 Å². The summed E-state index contributed by atoms with van der Waals surface area (Å²) in [6.07, 6.45) is 5.68. The predicted octanol–water partition coefficient (Wildman–Crippen LogP) is 5.44. The Hall–Kier alpha value is -2.09. The number of carboxylic acid groups (broad SMARTS) is 1. The molecule has 1 aliphatic rings. The number of fused-ring (bicyclic) bond motifs is 1. The number of rotatable bonds is 10. The van der Waals surface area contributed by atoms with Crippen LogP contribution in [0.25, 0.3) is 10.9 Å². The minimum Gasteiger partial charge on any atom is -0.497 e. The molecule has 0 spiro atoms.